The van der Waals surface area contributed by atoms with Gasteiger partial charge < -0.3 is 14.7 Å². The second-order valence-electron chi connectivity index (χ2n) is 1.80. The maximum absolute atomic E-state index is 9.93. The Morgan fingerprint density at radius 1 is 1.33 bits per heavy atom. The molecule has 9 heavy (non-hydrogen) atoms. The molecule has 0 saturated carbocycles. The lowest BCUT2D eigenvalue weighted by Gasteiger charge is -1.96. The Kier molecular flexibility index (Phi) is 5.01. The van der Waals surface area contributed by atoms with E-state index in [-0.39, 0.29) is 6.61 Å². The Labute approximate surface area is 53.7 Å². The van der Waals surface area contributed by atoms with Crippen LogP contribution in [0.5, 0.6) is 0 Å². The monoisotopic (exact) mass is 130 g/mol. The Morgan fingerprint density at radius 3 is 2.22 bits per heavy atom. The first kappa shape index (κ1) is 8.30. The zero-order valence-electron chi connectivity index (χ0n) is 5.12. The first-order valence-electron chi connectivity index (χ1n) is 2.86. The van der Waals surface area contributed by atoms with Crippen LogP contribution in [0, 0.1) is 5.92 Å². The molecular weight excluding hydrogens is 120 g/mol. The summed E-state index contributed by atoms with van der Waals surface area (Å²) < 4.78 is 0. The molecule has 0 radical (unpaired) electrons. The highest BCUT2D eigenvalue weighted by atomic mass is 16.3. The topological polar surface area (TPSA) is 54.4 Å². The molecule has 3 heteroatoms. The molecule has 0 bridgehead atoms. The first-order valence-corrected chi connectivity index (χ1v) is 2.86. The molecule has 0 saturated heterocycles. The lowest BCUT2D eigenvalue weighted by atomic mass is 10.1. The van der Waals surface area contributed by atoms with Gasteiger partial charge in [0.25, 0.3) is 0 Å². The Balaban J connectivity index is 3.30. The summed E-state index contributed by atoms with van der Waals surface area (Å²) in [4.78, 5) is 19.9. The largest absolute Gasteiger partial charge is 0.396 e. The molecule has 0 aromatic rings. The van der Waals surface area contributed by atoms with Crippen LogP contribution >= 0.6 is 0 Å². The SMILES string of the molecule is O=CC(C=O)CCCO. The Bertz CT molecular complexity index is 82.3. The molecule has 0 aliphatic carbocycles. The summed E-state index contributed by atoms with van der Waals surface area (Å²) in [5, 5.41) is 8.27. The van der Waals surface area contributed by atoms with Crippen molar-refractivity contribution >= 4 is 12.6 Å². The van der Waals surface area contributed by atoms with E-state index in [4.69, 9.17) is 5.11 Å². The Morgan fingerprint density at radius 2 is 1.89 bits per heavy atom. The van der Waals surface area contributed by atoms with Gasteiger partial charge >= 0.3 is 0 Å². The third-order valence-corrected chi connectivity index (χ3v) is 1.05. The Hall–Kier alpha value is -0.700. The molecule has 0 unspecified atom stereocenters. The van der Waals surface area contributed by atoms with E-state index >= 15 is 0 Å². The minimum absolute atomic E-state index is 0.0399. The van der Waals surface area contributed by atoms with Crippen molar-refractivity contribution in [2.24, 2.45) is 5.92 Å². The van der Waals surface area contributed by atoms with Gasteiger partial charge in [-0.15, -0.1) is 0 Å². The van der Waals surface area contributed by atoms with Gasteiger partial charge in [0.2, 0.25) is 0 Å². The van der Waals surface area contributed by atoms with Crippen LogP contribution in [-0.2, 0) is 9.59 Å². The van der Waals surface area contributed by atoms with Gasteiger partial charge in [-0.05, 0) is 12.8 Å². The first-order chi connectivity index (χ1) is 4.35. The van der Waals surface area contributed by atoms with Gasteiger partial charge in [0.1, 0.15) is 12.6 Å². The van der Waals surface area contributed by atoms with Gasteiger partial charge in [0.05, 0.1) is 5.92 Å². The fraction of sp³-hybridized carbons (Fsp3) is 0.667. The number of hydrogen-bond donors (Lipinski definition) is 1. The third-order valence-electron chi connectivity index (χ3n) is 1.05. The summed E-state index contributed by atoms with van der Waals surface area (Å²) in [7, 11) is 0. The molecule has 0 amide bonds. The number of carbonyl (C=O) groups is 2. The average Bonchev–Trinajstić information content (AvgIpc) is 1.91. The van der Waals surface area contributed by atoms with Crippen molar-refractivity contribution in [3.63, 3.8) is 0 Å². The van der Waals surface area contributed by atoms with Crippen molar-refractivity contribution < 1.29 is 14.7 Å². The fourth-order valence-electron chi connectivity index (χ4n) is 0.495. The number of aliphatic hydroxyl groups excluding tert-OH is 1. The molecule has 0 aliphatic heterocycles. The number of rotatable bonds is 5. The summed E-state index contributed by atoms with van der Waals surface area (Å²) in [6, 6.07) is 0. The van der Waals surface area contributed by atoms with Crippen LogP contribution in [-0.4, -0.2) is 24.3 Å². The minimum Gasteiger partial charge on any atom is -0.396 e. The van der Waals surface area contributed by atoms with Crippen LogP contribution in [0.25, 0.3) is 0 Å². The van der Waals surface area contributed by atoms with Crippen molar-refractivity contribution in [1.29, 1.82) is 0 Å². The second kappa shape index (κ2) is 5.44. The molecule has 0 rings (SSSR count). The molecular formula is C6H10O3. The molecule has 1 N–H and O–H groups in total. The number of aldehydes is 2. The van der Waals surface area contributed by atoms with E-state index in [2.05, 4.69) is 0 Å². The van der Waals surface area contributed by atoms with Crippen molar-refractivity contribution in [3.8, 4) is 0 Å². The molecule has 0 spiro atoms. The third kappa shape index (κ3) is 3.85. The molecule has 0 atom stereocenters. The van der Waals surface area contributed by atoms with Crippen LogP contribution in [0.3, 0.4) is 0 Å². The summed E-state index contributed by atoms with van der Waals surface area (Å²) in [6.45, 7) is 0.0399. The number of carbonyl (C=O) groups excluding carboxylic acids is 2. The smallest absolute Gasteiger partial charge is 0.130 e. The molecule has 0 heterocycles. The molecule has 3 nitrogen and oxygen atoms in total. The number of hydrogen-bond acceptors (Lipinski definition) is 3. The fourth-order valence-corrected chi connectivity index (χ4v) is 0.495. The van der Waals surface area contributed by atoms with Crippen molar-refractivity contribution in [3.05, 3.63) is 0 Å². The van der Waals surface area contributed by atoms with Crippen LogP contribution in [0.15, 0.2) is 0 Å². The molecule has 0 aliphatic rings. The molecule has 52 valence electrons. The highest BCUT2D eigenvalue weighted by Gasteiger charge is 2.02. The van der Waals surface area contributed by atoms with E-state index in [1.54, 1.807) is 0 Å². The maximum Gasteiger partial charge on any atom is 0.130 e. The van der Waals surface area contributed by atoms with Crippen molar-refractivity contribution in [2.75, 3.05) is 6.61 Å². The zero-order valence-corrected chi connectivity index (χ0v) is 5.12. The van der Waals surface area contributed by atoms with Crippen LogP contribution in [0.2, 0.25) is 0 Å². The van der Waals surface area contributed by atoms with Crippen molar-refractivity contribution in [2.45, 2.75) is 12.8 Å². The van der Waals surface area contributed by atoms with Gasteiger partial charge in [-0.2, -0.15) is 0 Å². The number of aliphatic hydroxyl groups is 1. The van der Waals surface area contributed by atoms with Gasteiger partial charge in [-0.25, -0.2) is 0 Å². The van der Waals surface area contributed by atoms with Crippen molar-refractivity contribution in [1.82, 2.24) is 0 Å². The average molecular weight is 130 g/mol. The quantitative estimate of drug-likeness (QED) is 0.413. The van der Waals surface area contributed by atoms with E-state index < -0.39 is 5.92 Å². The molecule has 0 aromatic carbocycles. The highest BCUT2D eigenvalue weighted by Crippen LogP contribution is 1.97. The van der Waals surface area contributed by atoms with Gasteiger partial charge in [-0.3, -0.25) is 0 Å². The van der Waals surface area contributed by atoms with Crippen LogP contribution < -0.4 is 0 Å². The molecule has 0 fully saturated rings. The van der Waals surface area contributed by atoms with E-state index in [1.165, 1.54) is 0 Å². The zero-order chi connectivity index (χ0) is 7.11. The minimum atomic E-state index is -0.517. The highest BCUT2D eigenvalue weighted by molar-refractivity contribution is 5.77. The summed E-state index contributed by atoms with van der Waals surface area (Å²) in [5.41, 5.74) is 0. The van der Waals surface area contributed by atoms with Gasteiger partial charge in [0, 0.05) is 6.61 Å². The summed E-state index contributed by atoms with van der Waals surface area (Å²) in [6.07, 6.45) is 2.18. The lowest BCUT2D eigenvalue weighted by Crippen LogP contribution is -2.03. The van der Waals surface area contributed by atoms with E-state index in [1.807, 2.05) is 0 Å². The molecule has 0 aromatic heterocycles. The standard InChI is InChI=1S/C6H10O3/c7-3-1-2-6(4-8)5-9/h4-7H,1-3H2. The lowest BCUT2D eigenvalue weighted by molar-refractivity contribution is -0.119. The predicted octanol–water partition coefficient (Wildman–Crippen LogP) is -0.227. The van der Waals surface area contributed by atoms with Crippen LogP contribution in [0.1, 0.15) is 12.8 Å². The normalized spacial score (nSPS) is 9.56. The maximum atomic E-state index is 9.93. The predicted molar refractivity (Wildman–Crippen MR) is 31.9 cm³/mol. The van der Waals surface area contributed by atoms with E-state index in [0.717, 1.165) is 0 Å². The van der Waals surface area contributed by atoms with Gasteiger partial charge in [-0.1, -0.05) is 0 Å². The van der Waals surface area contributed by atoms with Gasteiger partial charge in [0.15, 0.2) is 0 Å². The second-order valence-corrected chi connectivity index (χ2v) is 1.80. The summed E-state index contributed by atoms with van der Waals surface area (Å²) >= 11 is 0. The summed E-state index contributed by atoms with van der Waals surface area (Å²) in [5.74, 6) is -0.517. The van der Waals surface area contributed by atoms with E-state index in [0.29, 0.717) is 25.4 Å². The van der Waals surface area contributed by atoms with E-state index in [9.17, 15) is 9.59 Å². The van der Waals surface area contributed by atoms with Crippen LogP contribution in [0.4, 0.5) is 0 Å².